The summed E-state index contributed by atoms with van der Waals surface area (Å²) in [6.07, 6.45) is 0. The standard InChI is InChI=1S/C48H28N4S/c1-2-13-31-29(12-1)24-26-42-45(31)37-28-30(51-39-20-8-4-14-32(39)33-15-5-9-21-40(33)51)25-27-41(37)52(42)48-49-38-19-7-3-16-34(38)47(50-48)36-18-11-23-44-46(36)35-17-6-10-22-43(35)53-44/h1-28H. The molecule has 0 radical (unpaired) electrons. The summed E-state index contributed by atoms with van der Waals surface area (Å²) in [6, 6.07) is 61.1. The summed E-state index contributed by atoms with van der Waals surface area (Å²) in [5, 5.41) is 10.8. The predicted molar refractivity (Wildman–Crippen MR) is 224 cm³/mol. The fourth-order valence-electron chi connectivity index (χ4n) is 8.68. The zero-order chi connectivity index (χ0) is 34.6. The van der Waals surface area contributed by atoms with E-state index < -0.39 is 0 Å². The number of para-hydroxylation sites is 3. The van der Waals surface area contributed by atoms with Crippen LogP contribution in [0.2, 0.25) is 0 Å². The van der Waals surface area contributed by atoms with Crippen molar-refractivity contribution in [2.24, 2.45) is 0 Å². The first-order valence-electron chi connectivity index (χ1n) is 17.9. The molecule has 12 rings (SSSR count). The Morgan fingerprint density at radius 2 is 1.04 bits per heavy atom. The van der Waals surface area contributed by atoms with Crippen LogP contribution in [0.25, 0.3) is 108 Å². The molecule has 0 aliphatic carbocycles. The first kappa shape index (κ1) is 28.8. The maximum Gasteiger partial charge on any atom is 0.235 e. The second-order valence-electron chi connectivity index (χ2n) is 13.8. The summed E-state index contributed by atoms with van der Waals surface area (Å²) in [5.41, 5.74) is 8.65. The van der Waals surface area contributed by atoms with Gasteiger partial charge in [0.15, 0.2) is 0 Å². The van der Waals surface area contributed by atoms with Gasteiger partial charge in [-0.2, -0.15) is 0 Å². The van der Waals surface area contributed by atoms with E-state index in [1.807, 2.05) is 11.3 Å². The van der Waals surface area contributed by atoms with Crippen molar-refractivity contribution in [2.75, 3.05) is 0 Å². The SMILES string of the molecule is c1ccc2c(c1)ccc1c2c2cc(-n3c4ccccc4c4ccccc43)ccc2n1-c1nc(-c2cccc3sc4ccccc4c23)c2ccccc2n1. The summed E-state index contributed by atoms with van der Waals surface area (Å²) in [4.78, 5) is 10.9. The molecule has 4 nitrogen and oxygen atoms in total. The molecule has 4 heterocycles. The average molecular weight is 693 g/mol. The summed E-state index contributed by atoms with van der Waals surface area (Å²) >= 11 is 1.83. The maximum absolute atomic E-state index is 5.54. The molecule has 0 aliphatic heterocycles. The minimum Gasteiger partial charge on any atom is -0.309 e. The topological polar surface area (TPSA) is 35.6 Å². The predicted octanol–water partition coefficient (Wildman–Crippen LogP) is 13.0. The molecular formula is C48H28N4S. The Morgan fingerprint density at radius 1 is 0.396 bits per heavy atom. The fourth-order valence-corrected chi connectivity index (χ4v) is 9.81. The van der Waals surface area contributed by atoms with Gasteiger partial charge in [-0.3, -0.25) is 4.57 Å². The number of hydrogen-bond acceptors (Lipinski definition) is 3. The van der Waals surface area contributed by atoms with Crippen LogP contribution in [0.5, 0.6) is 0 Å². The van der Waals surface area contributed by atoms with Crippen molar-refractivity contribution in [1.29, 1.82) is 0 Å². The average Bonchev–Trinajstić information content (AvgIpc) is 3.88. The number of fused-ring (bicyclic) bond motifs is 12. The van der Waals surface area contributed by atoms with Gasteiger partial charge in [-0.1, -0.05) is 115 Å². The van der Waals surface area contributed by atoms with Crippen LogP contribution in [0.3, 0.4) is 0 Å². The van der Waals surface area contributed by atoms with E-state index in [9.17, 15) is 0 Å². The van der Waals surface area contributed by atoms with Crippen LogP contribution in [0.1, 0.15) is 0 Å². The molecule has 0 N–H and O–H groups in total. The lowest BCUT2D eigenvalue weighted by atomic mass is 10.0. The highest BCUT2D eigenvalue weighted by atomic mass is 32.1. The van der Waals surface area contributed by atoms with Gasteiger partial charge in [0.25, 0.3) is 0 Å². The van der Waals surface area contributed by atoms with Crippen molar-refractivity contribution in [3.63, 3.8) is 0 Å². The number of nitrogens with zero attached hydrogens (tertiary/aromatic N) is 4. The monoisotopic (exact) mass is 692 g/mol. The molecule has 53 heavy (non-hydrogen) atoms. The molecule has 0 atom stereocenters. The number of thiophene rings is 1. The van der Waals surface area contributed by atoms with Gasteiger partial charge in [0, 0.05) is 58.4 Å². The quantitative estimate of drug-likeness (QED) is 0.185. The molecule has 5 heteroatoms. The van der Waals surface area contributed by atoms with E-state index in [0.717, 1.165) is 38.9 Å². The molecule has 0 saturated carbocycles. The molecule has 0 spiro atoms. The largest absolute Gasteiger partial charge is 0.309 e. The van der Waals surface area contributed by atoms with E-state index in [-0.39, 0.29) is 0 Å². The highest BCUT2D eigenvalue weighted by Gasteiger charge is 2.22. The minimum absolute atomic E-state index is 0.662. The molecular weight excluding hydrogens is 665 g/mol. The first-order valence-corrected chi connectivity index (χ1v) is 18.7. The van der Waals surface area contributed by atoms with Crippen molar-refractivity contribution in [3.05, 3.63) is 170 Å². The van der Waals surface area contributed by atoms with E-state index in [4.69, 9.17) is 9.97 Å². The molecule has 0 amide bonds. The van der Waals surface area contributed by atoms with Crippen LogP contribution in [0.15, 0.2) is 170 Å². The van der Waals surface area contributed by atoms with Crippen molar-refractivity contribution in [3.8, 4) is 22.9 Å². The Balaban J connectivity index is 1.19. The zero-order valence-corrected chi connectivity index (χ0v) is 29.2. The third-order valence-electron chi connectivity index (χ3n) is 10.9. The Morgan fingerprint density at radius 3 is 1.87 bits per heavy atom. The minimum atomic E-state index is 0.662. The summed E-state index contributed by atoms with van der Waals surface area (Å²) < 4.78 is 7.21. The molecule has 0 bridgehead atoms. The number of aromatic nitrogens is 4. The molecule has 12 aromatic rings. The molecule has 0 fully saturated rings. The Kier molecular flexibility index (Phi) is 5.90. The van der Waals surface area contributed by atoms with Crippen LogP contribution in [0.4, 0.5) is 0 Å². The lowest BCUT2D eigenvalue weighted by molar-refractivity contribution is 1.01. The first-order chi connectivity index (χ1) is 26.3. The summed E-state index contributed by atoms with van der Waals surface area (Å²) in [5.74, 6) is 0.662. The molecule has 0 saturated heterocycles. The molecule has 0 unspecified atom stereocenters. The van der Waals surface area contributed by atoms with Gasteiger partial charge in [-0.25, -0.2) is 9.97 Å². The molecule has 246 valence electrons. The van der Waals surface area contributed by atoms with Gasteiger partial charge in [0.05, 0.1) is 33.3 Å². The van der Waals surface area contributed by atoms with E-state index in [1.54, 1.807) is 0 Å². The van der Waals surface area contributed by atoms with Crippen LogP contribution in [0, 0.1) is 0 Å². The molecule has 4 aromatic heterocycles. The number of rotatable bonds is 3. The number of benzene rings is 8. The van der Waals surface area contributed by atoms with Crippen LogP contribution < -0.4 is 0 Å². The molecule has 8 aromatic carbocycles. The lowest BCUT2D eigenvalue weighted by Gasteiger charge is -2.13. The maximum atomic E-state index is 5.54. The zero-order valence-electron chi connectivity index (χ0n) is 28.4. The van der Waals surface area contributed by atoms with E-state index in [0.29, 0.717) is 5.95 Å². The fraction of sp³-hybridized carbons (Fsp3) is 0. The van der Waals surface area contributed by atoms with E-state index in [2.05, 4.69) is 179 Å². The van der Waals surface area contributed by atoms with Gasteiger partial charge >= 0.3 is 0 Å². The van der Waals surface area contributed by atoms with Crippen LogP contribution >= 0.6 is 11.3 Å². The highest BCUT2D eigenvalue weighted by Crippen LogP contribution is 2.43. The molecule has 0 aliphatic rings. The van der Waals surface area contributed by atoms with Gasteiger partial charge in [0.1, 0.15) is 0 Å². The van der Waals surface area contributed by atoms with Crippen LogP contribution in [-0.2, 0) is 0 Å². The second kappa shape index (κ2) is 10.8. The van der Waals surface area contributed by atoms with Gasteiger partial charge in [-0.05, 0) is 65.4 Å². The lowest BCUT2D eigenvalue weighted by Crippen LogP contribution is -2.03. The van der Waals surface area contributed by atoms with E-state index >= 15 is 0 Å². The smallest absolute Gasteiger partial charge is 0.235 e. The normalized spacial score (nSPS) is 12.2. The third kappa shape index (κ3) is 4.05. The van der Waals surface area contributed by atoms with Crippen molar-refractivity contribution < 1.29 is 0 Å². The second-order valence-corrected chi connectivity index (χ2v) is 14.8. The Hall–Kier alpha value is -6.82. The van der Waals surface area contributed by atoms with Crippen molar-refractivity contribution in [2.45, 2.75) is 0 Å². The Bertz CT molecular complexity index is 3420. The highest BCUT2D eigenvalue weighted by molar-refractivity contribution is 7.25. The van der Waals surface area contributed by atoms with Crippen LogP contribution in [-0.4, -0.2) is 19.1 Å². The van der Waals surface area contributed by atoms with Gasteiger partial charge < -0.3 is 4.57 Å². The third-order valence-corrected chi connectivity index (χ3v) is 12.1. The van der Waals surface area contributed by atoms with Crippen molar-refractivity contribution in [1.82, 2.24) is 19.1 Å². The number of hydrogen-bond donors (Lipinski definition) is 0. The summed E-state index contributed by atoms with van der Waals surface area (Å²) in [7, 11) is 0. The van der Waals surface area contributed by atoms with E-state index in [1.165, 1.54) is 63.5 Å². The summed E-state index contributed by atoms with van der Waals surface area (Å²) in [6.45, 7) is 0. The van der Waals surface area contributed by atoms with Gasteiger partial charge in [0.2, 0.25) is 5.95 Å². The van der Waals surface area contributed by atoms with Gasteiger partial charge in [-0.15, -0.1) is 11.3 Å². The van der Waals surface area contributed by atoms with Crippen molar-refractivity contribution >= 4 is 96.8 Å². The Labute approximate surface area is 307 Å².